The molecule has 138 valence electrons. The number of aromatic nitrogens is 2. The van der Waals surface area contributed by atoms with Gasteiger partial charge in [0, 0.05) is 19.4 Å². The minimum Gasteiger partial charge on any atom is -0.396 e. The molecule has 0 bridgehead atoms. The second-order valence-corrected chi connectivity index (χ2v) is 8.54. The third kappa shape index (κ3) is 5.21. The fourth-order valence-corrected chi connectivity index (χ4v) is 3.15. The van der Waals surface area contributed by atoms with Crippen LogP contribution < -0.4 is 0 Å². The van der Waals surface area contributed by atoms with Crippen molar-refractivity contribution in [3.8, 4) is 0 Å². The summed E-state index contributed by atoms with van der Waals surface area (Å²) in [6.07, 6.45) is 7.82. The Morgan fingerprint density at radius 3 is 2.60 bits per heavy atom. The summed E-state index contributed by atoms with van der Waals surface area (Å²) in [4.78, 5) is 21.4. The van der Waals surface area contributed by atoms with Gasteiger partial charge in [-0.15, -0.1) is 0 Å². The van der Waals surface area contributed by atoms with Crippen LogP contribution in [0.2, 0.25) is 0 Å². The lowest BCUT2D eigenvalue weighted by Crippen LogP contribution is -2.13. The van der Waals surface area contributed by atoms with Crippen molar-refractivity contribution in [2.24, 2.45) is 17.3 Å². The first-order chi connectivity index (χ1) is 11.7. The molecule has 1 N–H and O–H groups in total. The first kappa shape index (κ1) is 19.8. The third-order valence-electron chi connectivity index (χ3n) is 5.20. The third-order valence-corrected chi connectivity index (χ3v) is 5.20. The topological polar surface area (TPSA) is 63.1 Å². The molecule has 1 unspecified atom stereocenters. The monoisotopic (exact) mass is 344 g/mol. The average Bonchev–Trinajstić information content (AvgIpc) is 2.97. The second-order valence-electron chi connectivity index (χ2n) is 8.54. The van der Waals surface area contributed by atoms with Crippen molar-refractivity contribution in [3.05, 3.63) is 28.9 Å². The van der Waals surface area contributed by atoms with Gasteiger partial charge in [-0.3, -0.25) is 9.78 Å². The number of unbranched alkanes of at least 4 members (excludes halogenated alkanes) is 1. The van der Waals surface area contributed by atoms with E-state index in [-0.39, 0.29) is 17.8 Å². The fourth-order valence-electron chi connectivity index (χ4n) is 3.15. The molecule has 0 fully saturated rings. The van der Waals surface area contributed by atoms with Crippen LogP contribution in [0.4, 0.5) is 0 Å². The molecule has 0 aliphatic heterocycles. The standard InChI is InChI=1S/C21H32N2O2/c1-14(2)15(13-24)8-6-7-9-20(25)19-12-22-17-10-16(21(3,4)5)11-18(17)23-19/h11-12,14-15,24H,6-10,13H2,1-5H3. The van der Waals surface area contributed by atoms with Gasteiger partial charge in [0.15, 0.2) is 5.78 Å². The largest absolute Gasteiger partial charge is 0.396 e. The van der Waals surface area contributed by atoms with Gasteiger partial charge < -0.3 is 5.11 Å². The molecule has 1 aromatic rings. The van der Waals surface area contributed by atoms with E-state index in [0.29, 0.717) is 24.0 Å². The van der Waals surface area contributed by atoms with Crippen molar-refractivity contribution < 1.29 is 9.90 Å². The smallest absolute Gasteiger partial charge is 0.182 e. The van der Waals surface area contributed by atoms with E-state index in [0.717, 1.165) is 37.1 Å². The first-order valence-electron chi connectivity index (χ1n) is 9.43. The van der Waals surface area contributed by atoms with Crippen molar-refractivity contribution in [1.29, 1.82) is 0 Å². The van der Waals surface area contributed by atoms with Gasteiger partial charge in [0.25, 0.3) is 0 Å². The van der Waals surface area contributed by atoms with E-state index in [2.05, 4.69) is 50.7 Å². The molecular formula is C21H32N2O2. The van der Waals surface area contributed by atoms with E-state index in [1.54, 1.807) is 6.20 Å². The van der Waals surface area contributed by atoms with E-state index in [9.17, 15) is 9.90 Å². The maximum Gasteiger partial charge on any atom is 0.182 e. The zero-order valence-electron chi connectivity index (χ0n) is 16.3. The Balaban J connectivity index is 1.91. The summed E-state index contributed by atoms with van der Waals surface area (Å²) in [5.41, 5.74) is 3.73. The second kappa shape index (κ2) is 8.22. The average molecular weight is 344 g/mol. The van der Waals surface area contributed by atoms with Gasteiger partial charge in [0.05, 0.1) is 17.6 Å². The van der Waals surface area contributed by atoms with Crippen molar-refractivity contribution >= 4 is 11.9 Å². The minimum atomic E-state index is 0.0676. The predicted octanol–water partition coefficient (Wildman–Crippen LogP) is 4.47. The van der Waals surface area contributed by atoms with E-state index >= 15 is 0 Å². The number of hydrogen-bond donors (Lipinski definition) is 1. The number of rotatable bonds is 8. The van der Waals surface area contributed by atoms with Gasteiger partial charge >= 0.3 is 0 Å². The molecule has 0 saturated heterocycles. The molecule has 1 aliphatic rings. The molecule has 4 nitrogen and oxygen atoms in total. The molecule has 1 heterocycles. The number of aliphatic hydroxyl groups is 1. The highest BCUT2D eigenvalue weighted by Crippen LogP contribution is 2.34. The number of aliphatic hydroxyl groups excluding tert-OH is 1. The summed E-state index contributed by atoms with van der Waals surface area (Å²) >= 11 is 0. The molecule has 0 radical (unpaired) electrons. The summed E-state index contributed by atoms with van der Waals surface area (Å²) in [5, 5.41) is 9.36. The van der Waals surface area contributed by atoms with Gasteiger partial charge in [-0.1, -0.05) is 46.6 Å². The Hall–Kier alpha value is -1.55. The van der Waals surface area contributed by atoms with Gasteiger partial charge in [-0.2, -0.15) is 0 Å². The molecule has 25 heavy (non-hydrogen) atoms. The Kier molecular flexibility index (Phi) is 6.50. The van der Waals surface area contributed by atoms with E-state index in [4.69, 9.17) is 0 Å². The molecule has 0 saturated carbocycles. The van der Waals surface area contributed by atoms with E-state index in [1.165, 1.54) is 5.57 Å². The van der Waals surface area contributed by atoms with Crippen LogP contribution in [0, 0.1) is 17.3 Å². The molecule has 1 aromatic heterocycles. The molecule has 1 atom stereocenters. The Labute approximate surface area is 151 Å². The number of Topliss-reactive ketones (excluding diaryl/α,β-unsaturated/α-hetero) is 1. The van der Waals surface area contributed by atoms with Crippen LogP contribution in [0.15, 0.2) is 11.8 Å². The summed E-state index contributed by atoms with van der Waals surface area (Å²) in [5.74, 6) is 0.876. The molecule has 0 spiro atoms. The number of carbonyl (C=O) groups excluding carboxylic acids is 1. The highest BCUT2D eigenvalue weighted by molar-refractivity contribution is 5.94. The van der Waals surface area contributed by atoms with Crippen LogP contribution in [0.3, 0.4) is 0 Å². The normalized spacial score (nSPS) is 15.2. The quantitative estimate of drug-likeness (QED) is 0.558. The predicted molar refractivity (Wildman–Crippen MR) is 101 cm³/mol. The maximum absolute atomic E-state index is 12.4. The molecule has 2 rings (SSSR count). The van der Waals surface area contributed by atoms with Gasteiger partial charge in [0.2, 0.25) is 0 Å². The molecule has 0 amide bonds. The zero-order chi connectivity index (χ0) is 18.6. The Morgan fingerprint density at radius 2 is 2.00 bits per heavy atom. The minimum absolute atomic E-state index is 0.0676. The van der Waals surface area contributed by atoms with Gasteiger partial charge in [-0.05, 0) is 36.2 Å². The van der Waals surface area contributed by atoms with E-state index in [1.807, 2.05) is 0 Å². The van der Waals surface area contributed by atoms with Crippen molar-refractivity contribution in [1.82, 2.24) is 9.97 Å². The summed E-state index contributed by atoms with van der Waals surface area (Å²) in [7, 11) is 0. The number of fused-ring (bicyclic) bond motifs is 1. The summed E-state index contributed by atoms with van der Waals surface area (Å²) in [6, 6.07) is 0. The highest BCUT2D eigenvalue weighted by atomic mass is 16.3. The lowest BCUT2D eigenvalue weighted by molar-refractivity contribution is 0.0972. The van der Waals surface area contributed by atoms with Crippen molar-refractivity contribution in [2.75, 3.05) is 6.61 Å². The van der Waals surface area contributed by atoms with Crippen LogP contribution in [0.25, 0.3) is 6.08 Å². The number of ketones is 1. The summed E-state index contributed by atoms with van der Waals surface area (Å²) in [6.45, 7) is 11.1. The number of carbonyl (C=O) groups is 1. The van der Waals surface area contributed by atoms with Crippen LogP contribution in [0.1, 0.15) is 82.2 Å². The molecular weight excluding hydrogens is 312 g/mol. The SMILES string of the molecule is CC(C)C(CO)CCCCC(=O)c1cnc2c(n1)C=C(C(C)(C)C)C2. The molecule has 4 heteroatoms. The van der Waals surface area contributed by atoms with Crippen molar-refractivity contribution in [3.63, 3.8) is 0 Å². The first-order valence-corrected chi connectivity index (χ1v) is 9.43. The number of hydrogen-bond acceptors (Lipinski definition) is 4. The molecule has 1 aliphatic carbocycles. The highest BCUT2D eigenvalue weighted by Gasteiger charge is 2.25. The lowest BCUT2D eigenvalue weighted by atomic mass is 9.86. The Bertz CT molecular complexity index is 642. The van der Waals surface area contributed by atoms with Crippen LogP contribution >= 0.6 is 0 Å². The maximum atomic E-state index is 12.4. The van der Waals surface area contributed by atoms with Gasteiger partial charge in [-0.25, -0.2) is 4.98 Å². The number of nitrogens with zero attached hydrogens (tertiary/aromatic N) is 2. The fraction of sp³-hybridized carbons (Fsp3) is 0.667. The van der Waals surface area contributed by atoms with E-state index < -0.39 is 0 Å². The Morgan fingerprint density at radius 1 is 1.28 bits per heavy atom. The van der Waals surface area contributed by atoms with Crippen LogP contribution in [-0.4, -0.2) is 27.5 Å². The van der Waals surface area contributed by atoms with Gasteiger partial charge in [0.1, 0.15) is 5.69 Å². The zero-order valence-corrected chi connectivity index (χ0v) is 16.3. The van der Waals surface area contributed by atoms with Crippen LogP contribution in [0.5, 0.6) is 0 Å². The number of allylic oxidation sites excluding steroid dienone is 1. The van der Waals surface area contributed by atoms with Crippen LogP contribution in [-0.2, 0) is 6.42 Å². The lowest BCUT2D eigenvalue weighted by Gasteiger charge is -2.19. The molecule has 0 aromatic carbocycles. The summed E-state index contributed by atoms with van der Waals surface area (Å²) < 4.78 is 0. The van der Waals surface area contributed by atoms with Crippen molar-refractivity contribution in [2.45, 2.75) is 66.7 Å².